The van der Waals surface area contributed by atoms with Crippen LogP contribution in [0.1, 0.15) is 6.42 Å². The van der Waals surface area contributed by atoms with Crippen LogP contribution in [-0.2, 0) is 4.79 Å². The lowest BCUT2D eigenvalue weighted by molar-refractivity contribution is -0.116. The largest absolute Gasteiger partial charge is 0.300 e. The number of carbonyl (C=O) groups excluding carboxylic acids is 1. The van der Waals surface area contributed by atoms with E-state index in [9.17, 15) is 4.79 Å². The summed E-state index contributed by atoms with van der Waals surface area (Å²) in [5.74, 6) is 0.112. The second-order valence-corrected chi connectivity index (χ2v) is 4.11. The lowest BCUT2D eigenvalue weighted by Crippen LogP contribution is -2.23. The molecular formula is C6H7N3OS2. The van der Waals surface area contributed by atoms with Crippen LogP contribution in [0, 0.1) is 0 Å². The third kappa shape index (κ3) is 1.32. The number of amides is 1. The number of hydrogen-bond donors (Lipinski definition) is 1. The smallest absolute Gasteiger partial charge is 0.228 e. The molecule has 2 heterocycles. The third-order valence-corrected chi connectivity index (χ3v) is 2.75. The van der Waals surface area contributed by atoms with Crippen LogP contribution in [0.2, 0.25) is 0 Å². The van der Waals surface area contributed by atoms with Crippen molar-refractivity contribution >= 4 is 35.1 Å². The van der Waals surface area contributed by atoms with E-state index in [0.717, 1.165) is 5.00 Å². The fourth-order valence-corrected chi connectivity index (χ4v) is 2.05. The molecular weight excluding hydrogens is 194 g/mol. The van der Waals surface area contributed by atoms with Crippen molar-refractivity contribution in [3.05, 3.63) is 6.20 Å². The number of rotatable bonds is 1. The summed E-state index contributed by atoms with van der Waals surface area (Å²) in [5.41, 5.74) is 0. The van der Waals surface area contributed by atoms with E-state index in [0.29, 0.717) is 13.0 Å². The Kier molecular flexibility index (Phi) is 2.02. The van der Waals surface area contributed by atoms with Crippen LogP contribution in [0.5, 0.6) is 0 Å². The molecule has 1 unspecified atom stereocenters. The zero-order valence-corrected chi connectivity index (χ0v) is 7.89. The predicted octanol–water partition coefficient (Wildman–Crippen LogP) is 0.573. The van der Waals surface area contributed by atoms with Gasteiger partial charge in [-0.05, 0) is 0 Å². The molecule has 2 rings (SSSR count). The van der Waals surface area contributed by atoms with Gasteiger partial charge >= 0.3 is 0 Å². The third-order valence-electron chi connectivity index (χ3n) is 1.72. The summed E-state index contributed by atoms with van der Waals surface area (Å²) < 4.78 is 3.70. The van der Waals surface area contributed by atoms with Crippen molar-refractivity contribution in [2.75, 3.05) is 11.4 Å². The molecule has 0 bridgehead atoms. The van der Waals surface area contributed by atoms with Crippen molar-refractivity contribution in [1.82, 2.24) is 9.59 Å². The average molecular weight is 201 g/mol. The molecule has 4 nitrogen and oxygen atoms in total. The Bertz CT molecular complexity index is 287. The first kappa shape index (κ1) is 8.00. The topological polar surface area (TPSA) is 46.1 Å². The maximum absolute atomic E-state index is 11.3. The van der Waals surface area contributed by atoms with Gasteiger partial charge in [0.2, 0.25) is 5.91 Å². The van der Waals surface area contributed by atoms with E-state index < -0.39 is 0 Å². The van der Waals surface area contributed by atoms with Crippen molar-refractivity contribution in [3.8, 4) is 0 Å². The van der Waals surface area contributed by atoms with E-state index >= 15 is 0 Å². The predicted molar refractivity (Wildman–Crippen MR) is 49.7 cm³/mol. The van der Waals surface area contributed by atoms with E-state index in [1.54, 1.807) is 11.1 Å². The molecule has 1 aliphatic heterocycles. The molecule has 1 atom stereocenters. The highest BCUT2D eigenvalue weighted by Gasteiger charge is 2.29. The summed E-state index contributed by atoms with van der Waals surface area (Å²) >= 11 is 5.48. The van der Waals surface area contributed by atoms with Gasteiger partial charge in [-0.25, -0.2) is 0 Å². The van der Waals surface area contributed by atoms with E-state index in [1.165, 1.54) is 11.5 Å². The standard InChI is InChI=1S/C6H7N3OS2/c10-5-1-4(11)3-9(5)6-2-7-8-12-6/h2,4,11H,1,3H2. The molecule has 0 radical (unpaired) electrons. The first-order valence-corrected chi connectivity index (χ1v) is 4.82. The van der Waals surface area contributed by atoms with Crippen LogP contribution in [0.15, 0.2) is 6.20 Å². The lowest BCUT2D eigenvalue weighted by Gasteiger charge is -2.10. The molecule has 1 aromatic rings. The van der Waals surface area contributed by atoms with Gasteiger partial charge in [0.05, 0.1) is 6.20 Å². The van der Waals surface area contributed by atoms with E-state index in [1.807, 2.05) is 0 Å². The number of aromatic nitrogens is 2. The van der Waals surface area contributed by atoms with Crippen molar-refractivity contribution in [1.29, 1.82) is 0 Å². The second-order valence-electron chi connectivity index (χ2n) is 2.62. The summed E-state index contributed by atoms with van der Waals surface area (Å²) in [6, 6.07) is 0. The Morgan fingerprint density at radius 2 is 2.58 bits per heavy atom. The highest BCUT2D eigenvalue weighted by molar-refractivity contribution is 7.81. The van der Waals surface area contributed by atoms with Crippen LogP contribution >= 0.6 is 24.2 Å². The van der Waals surface area contributed by atoms with Crippen molar-refractivity contribution in [2.45, 2.75) is 11.7 Å². The molecule has 1 aliphatic rings. The number of anilines is 1. The molecule has 0 saturated carbocycles. The Morgan fingerprint density at radius 1 is 1.75 bits per heavy atom. The Balaban J connectivity index is 2.21. The van der Waals surface area contributed by atoms with Gasteiger partial charge in [0, 0.05) is 29.7 Å². The maximum Gasteiger partial charge on any atom is 0.228 e. The maximum atomic E-state index is 11.3. The van der Waals surface area contributed by atoms with Crippen LogP contribution < -0.4 is 4.90 Å². The summed E-state index contributed by atoms with van der Waals surface area (Å²) in [6.45, 7) is 0.672. The number of nitrogens with zero attached hydrogens (tertiary/aromatic N) is 3. The summed E-state index contributed by atoms with van der Waals surface area (Å²) in [7, 11) is 0. The first-order valence-electron chi connectivity index (χ1n) is 3.53. The molecule has 0 aromatic carbocycles. The number of hydrogen-bond acceptors (Lipinski definition) is 5. The second kappa shape index (κ2) is 3.02. The minimum absolute atomic E-state index is 0.112. The summed E-state index contributed by atoms with van der Waals surface area (Å²) in [5, 5.41) is 4.64. The monoisotopic (exact) mass is 201 g/mol. The van der Waals surface area contributed by atoms with E-state index in [2.05, 4.69) is 22.2 Å². The molecule has 1 fully saturated rings. The van der Waals surface area contributed by atoms with Crippen LogP contribution in [-0.4, -0.2) is 27.3 Å². The van der Waals surface area contributed by atoms with Gasteiger partial charge in [0.15, 0.2) is 0 Å². The zero-order valence-electron chi connectivity index (χ0n) is 6.17. The van der Waals surface area contributed by atoms with Crippen LogP contribution in [0.4, 0.5) is 5.00 Å². The Hall–Kier alpha value is -0.620. The fraction of sp³-hybridized carbons (Fsp3) is 0.500. The highest BCUT2D eigenvalue weighted by atomic mass is 32.1. The summed E-state index contributed by atoms with van der Waals surface area (Å²) in [4.78, 5) is 13.0. The normalized spacial score (nSPS) is 23.6. The molecule has 0 aliphatic carbocycles. The van der Waals surface area contributed by atoms with Gasteiger partial charge in [0.25, 0.3) is 0 Å². The minimum atomic E-state index is 0.112. The van der Waals surface area contributed by atoms with Gasteiger partial charge in [-0.1, -0.05) is 4.49 Å². The molecule has 1 amide bonds. The molecule has 6 heteroatoms. The SMILES string of the molecule is O=C1CC(S)CN1c1cnns1. The minimum Gasteiger partial charge on any atom is -0.300 e. The molecule has 64 valence electrons. The quantitative estimate of drug-likeness (QED) is 0.676. The molecule has 1 aromatic heterocycles. The van der Waals surface area contributed by atoms with Crippen molar-refractivity contribution in [2.24, 2.45) is 0 Å². The van der Waals surface area contributed by atoms with Crippen molar-refractivity contribution in [3.63, 3.8) is 0 Å². The van der Waals surface area contributed by atoms with E-state index in [4.69, 9.17) is 0 Å². The Morgan fingerprint density at radius 3 is 3.08 bits per heavy atom. The van der Waals surface area contributed by atoms with Gasteiger partial charge < -0.3 is 4.90 Å². The molecule has 0 N–H and O–H groups in total. The fourth-order valence-electron chi connectivity index (χ4n) is 1.18. The zero-order chi connectivity index (χ0) is 8.55. The molecule has 0 spiro atoms. The van der Waals surface area contributed by atoms with Gasteiger partial charge in [-0.3, -0.25) is 4.79 Å². The highest BCUT2D eigenvalue weighted by Crippen LogP contribution is 2.25. The van der Waals surface area contributed by atoms with Crippen LogP contribution in [0.25, 0.3) is 0 Å². The van der Waals surface area contributed by atoms with Crippen molar-refractivity contribution < 1.29 is 4.79 Å². The van der Waals surface area contributed by atoms with Gasteiger partial charge in [-0.15, -0.1) is 5.10 Å². The first-order chi connectivity index (χ1) is 5.77. The molecule has 12 heavy (non-hydrogen) atoms. The molecule has 1 saturated heterocycles. The van der Waals surface area contributed by atoms with E-state index in [-0.39, 0.29) is 11.2 Å². The number of carbonyl (C=O) groups is 1. The lowest BCUT2D eigenvalue weighted by atomic mass is 10.4. The number of thiol groups is 1. The van der Waals surface area contributed by atoms with Gasteiger partial charge in [0.1, 0.15) is 5.00 Å². The van der Waals surface area contributed by atoms with Crippen LogP contribution in [0.3, 0.4) is 0 Å². The Labute approximate surface area is 79.2 Å². The average Bonchev–Trinajstić information content (AvgIpc) is 2.58. The summed E-state index contributed by atoms with van der Waals surface area (Å²) in [6.07, 6.45) is 2.12. The van der Waals surface area contributed by atoms with Gasteiger partial charge in [-0.2, -0.15) is 12.6 Å².